The van der Waals surface area contributed by atoms with E-state index in [0.29, 0.717) is 16.7 Å². The van der Waals surface area contributed by atoms with Crippen molar-refractivity contribution in [1.82, 2.24) is 10.2 Å². The van der Waals surface area contributed by atoms with Gasteiger partial charge in [0.1, 0.15) is 5.25 Å². The van der Waals surface area contributed by atoms with Gasteiger partial charge >= 0.3 is 0 Å². The Hall–Kier alpha value is -2.31. The van der Waals surface area contributed by atoms with Crippen LogP contribution in [0, 0.1) is 13.8 Å². The summed E-state index contributed by atoms with van der Waals surface area (Å²) in [6, 6.07) is 13.4. The van der Waals surface area contributed by atoms with Crippen molar-refractivity contribution in [2.24, 2.45) is 4.99 Å². The van der Waals surface area contributed by atoms with Crippen LogP contribution in [-0.2, 0) is 16.1 Å². The van der Waals surface area contributed by atoms with Crippen molar-refractivity contribution in [3.05, 3.63) is 64.2 Å². The summed E-state index contributed by atoms with van der Waals surface area (Å²) in [5, 5.41) is 3.27. The molecule has 0 spiro atoms. The first-order valence-electron chi connectivity index (χ1n) is 8.97. The zero-order valence-electron chi connectivity index (χ0n) is 16.0. The van der Waals surface area contributed by atoms with E-state index < -0.39 is 5.25 Å². The molecule has 1 aliphatic heterocycles. The molecular formula is C21H22ClN3O2S. The molecule has 0 aliphatic carbocycles. The third-order valence-electron chi connectivity index (χ3n) is 4.67. The minimum atomic E-state index is -0.493. The first-order chi connectivity index (χ1) is 13.4. The molecule has 1 unspecified atom stereocenters. The lowest BCUT2D eigenvalue weighted by molar-refractivity contribution is -0.129. The van der Waals surface area contributed by atoms with Gasteiger partial charge in [0.05, 0.1) is 12.2 Å². The zero-order chi connectivity index (χ0) is 20.3. The number of hydrogen-bond acceptors (Lipinski definition) is 4. The number of nitrogens with zero attached hydrogens (tertiary/aromatic N) is 2. The van der Waals surface area contributed by atoms with Gasteiger partial charge in [0.25, 0.3) is 0 Å². The molecule has 5 nitrogen and oxygen atoms in total. The van der Waals surface area contributed by atoms with Gasteiger partial charge in [0, 0.05) is 18.5 Å². The van der Waals surface area contributed by atoms with Crippen molar-refractivity contribution in [1.29, 1.82) is 0 Å². The lowest BCUT2D eigenvalue weighted by Crippen LogP contribution is -2.33. The molecule has 1 fully saturated rings. The highest BCUT2D eigenvalue weighted by Gasteiger charge is 2.39. The van der Waals surface area contributed by atoms with Gasteiger partial charge in [-0.15, -0.1) is 0 Å². The van der Waals surface area contributed by atoms with Crippen LogP contribution in [0.5, 0.6) is 0 Å². The molecule has 2 amide bonds. The highest BCUT2D eigenvalue weighted by atomic mass is 35.5. The van der Waals surface area contributed by atoms with Crippen LogP contribution >= 0.6 is 23.4 Å². The number of amides is 2. The molecule has 0 bridgehead atoms. The SMILES string of the molecule is CNC(=O)CC1SC(=Nc2ccc(C)c(C)c2)N(Cc2ccccc2Cl)C1=O. The van der Waals surface area contributed by atoms with Crippen molar-refractivity contribution in [2.45, 2.75) is 32.1 Å². The van der Waals surface area contributed by atoms with E-state index in [2.05, 4.69) is 5.32 Å². The Morgan fingerprint density at radius 1 is 1.21 bits per heavy atom. The van der Waals surface area contributed by atoms with Gasteiger partial charge in [0.2, 0.25) is 11.8 Å². The Labute approximate surface area is 174 Å². The minimum absolute atomic E-state index is 0.116. The number of hydrogen-bond donors (Lipinski definition) is 1. The zero-order valence-corrected chi connectivity index (χ0v) is 17.6. The second kappa shape index (κ2) is 8.80. The normalized spacial score (nSPS) is 18.0. The maximum Gasteiger partial charge on any atom is 0.242 e. The highest BCUT2D eigenvalue weighted by molar-refractivity contribution is 8.15. The number of aryl methyl sites for hydroxylation is 2. The lowest BCUT2D eigenvalue weighted by Gasteiger charge is -2.17. The Kier molecular flexibility index (Phi) is 6.42. The number of carbonyl (C=O) groups is 2. The van der Waals surface area contributed by atoms with Crippen molar-refractivity contribution in [3.8, 4) is 0 Å². The Morgan fingerprint density at radius 3 is 2.64 bits per heavy atom. The molecule has 0 radical (unpaired) electrons. The summed E-state index contributed by atoms with van der Waals surface area (Å²) < 4.78 is 0. The molecule has 1 heterocycles. The number of benzene rings is 2. The summed E-state index contributed by atoms with van der Waals surface area (Å²) in [7, 11) is 1.57. The fraction of sp³-hybridized carbons (Fsp3) is 0.286. The highest BCUT2D eigenvalue weighted by Crippen LogP contribution is 2.34. The maximum atomic E-state index is 13.0. The van der Waals surface area contributed by atoms with Crippen LogP contribution in [0.3, 0.4) is 0 Å². The van der Waals surface area contributed by atoms with Crippen molar-refractivity contribution < 1.29 is 9.59 Å². The fourth-order valence-corrected chi connectivity index (χ4v) is 4.20. The fourth-order valence-electron chi connectivity index (χ4n) is 2.84. The predicted molar refractivity (Wildman–Crippen MR) is 115 cm³/mol. The molecular weight excluding hydrogens is 394 g/mol. The summed E-state index contributed by atoms with van der Waals surface area (Å²) in [6.07, 6.45) is 0.116. The molecule has 2 aromatic rings. The molecule has 7 heteroatoms. The van der Waals surface area contributed by atoms with Crippen LogP contribution in [0.4, 0.5) is 5.69 Å². The number of amidine groups is 1. The molecule has 0 saturated carbocycles. The van der Waals surface area contributed by atoms with Gasteiger partial charge in [-0.25, -0.2) is 4.99 Å². The third-order valence-corrected chi connectivity index (χ3v) is 6.22. The van der Waals surface area contributed by atoms with E-state index in [1.165, 1.54) is 17.3 Å². The monoisotopic (exact) mass is 415 g/mol. The first-order valence-corrected chi connectivity index (χ1v) is 10.2. The van der Waals surface area contributed by atoms with E-state index in [0.717, 1.165) is 16.8 Å². The van der Waals surface area contributed by atoms with E-state index >= 15 is 0 Å². The number of thioether (sulfide) groups is 1. The lowest BCUT2D eigenvalue weighted by atomic mass is 10.1. The summed E-state index contributed by atoms with van der Waals surface area (Å²) in [6.45, 7) is 4.39. The van der Waals surface area contributed by atoms with Crippen LogP contribution in [0.1, 0.15) is 23.1 Å². The van der Waals surface area contributed by atoms with Crippen molar-refractivity contribution in [3.63, 3.8) is 0 Å². The van der Waals surface area contributed by atoms with E-state index in [-0.39, 0.29) is 18.2 Å². The topological polar surface area (TPSA) is 61.8 Å². The van der Waals surface area contributed by atoms with E-state index in [1.54, 1.807) is 18.0 Å². The smallest absolute Gasteiger partial charge is 0.242 e. The number of nitrogens with one attached hydrogen (secondary N) is 1. The number of carbonyl (C=O) groups excluding carboxylic acids is 2. The van der Waals surface area contributed by atoms with Gasteiger partial charge in [-0.2, -0.15) is 0 Å². The second-order valence-corrected chi connectivity index (χ2v) is 8.24. The summed E-state index contributed by atoms with van der Waals surface area (Å²) in [5.74, 6) is -0.299. The predicted octanol–water partition coefficient (Wildman–Crippen LogP) is 4.22. The average Bonchev–Trinajstić information content (AvgIpc) is 2.95. The molecule has 1 aliphatic rings. The summed E-state index contributed by atoms with van der Waals surface area (Å²) in [5.41, 5.74) is 3.94. The molecule has 3 rings (SSSR count). The molecule has 1 saturated heterocycles. The Balaban J connectivity index is 1.94. The van der Waals surface area contributed by atoms with E-state index in [1.807, 2.05) is 50.2 Å². The van der Waals surface area contributed by atoms with Crippen molar-refractivity contribution in [2.75, 3.05) is 7.05 Å². The van der Waals surface area contributed by atoms with Gasteiger partial charge in [-0.05, 0) is 48.7 Å². The second-order valence-electron chi connectivity index (χ2n) is 6.66. The molecule has 146 valence electrons. The number of aliphatic imine (C=N–C) groups is 1. The molecule has 1 N–H and O–H groups in total. The Bertz CT molecular complexity index is 945. The van der Waals surface area contributed by atoms with Crippen molar-refractivity contribution >= 4 is 46.0 Å². The van der Waals surface area contributed by atoms with Crippen LogP contribution < -0.4 is 5.32 Å². The van der Waals surface area contributed by atoms with Crippen LogP contribution in [0.25, 0.3) is 0 Å². The van der Waals surface area contributed by atoms with Gasteiger partial charge < -0.3 is 5.32 Å². The standard InChI is InChI=1S/C21H22ClN3O2S/c1-13-8-9-16(10-14(13)2)24-21-25(12-15-6-4-5-7-17(15)22)20(27)18(28-21)11-19(26)23-3/h4-10,18H,11-12H2,1-3H3,(H,23,26). The molecule has 2 aromatic carbocycles. The van der Waals surface area contributed by atoms with Crippen LogP contribution in [0.15, 0.2) is 47.5 Å². The number of rotatable bonds is 5. The molecule has 0 aromatic heterocycles. The van der Waals surface area contributed by atoms with Crippen LogP contribution in [-0.4, -0.2) is 34.2 Å². The van der Waals surface area contributed by atoms with Gasteiger partial charge in [-0.1, -0.05) is 47.6 Å². The quantitative estimate of drug-likeness (QED) is 0.795. The minimum Gasteiger partial charge on any atom is -0.359 e. The van der Waals surface area contributed by atoms with E-state index in [4.69, 9.17) is 16.6 Å². The Morgan fingerprint density at radius 2 is 1.96 bits per heavy atom. The largest absolute Gasteiger partial charge is 0.359 e. The summed E-state index contributed by atoms with van der Waals surface area (Å²) >= 11 is 7.61. The van der Waals surface area contributed by atoms with E-state index in [9.17, 15) is 9.59 Å². The molecule has 28 heavy (non-hydrogen) atoms. The number of halogens is 1. The first kappa shape index (κ1) is 20.4. The van der Waals surface area contributed by atoms with Gasteiger partial charge in [0.15, 0.2) is 5.17 Å². The molecule has 1 atom stereocenters. The third kappa shape index (κ3) is 4.56. The summed E-state index contributed by atoms with van der Waals surface area (Å²) in [4.78, 5) is 31.1. The average molecular weight is 416 g/mol. The maximum absolute atomic E-state index is 13.0. The van der Waals surface area contributed by atoms with Crippen LogP contribution in [0.2, 0.25) is 5.02 Å². The van der Waals surface area contributed by atoms with Gasteiger partial charge in [-0.3, -0.25) is 14.5 Å².